The fourth-order valence-electron chi connectivity index (χ4n) is 3.49. The Labute approximate surface area is 179 Å². The Morgan fingerprint density at radius 2 is 1.75 bits per heavy atom. The number of piperazine rings is 1. The smallest absolute Gasteiger partial charge is 0.255 e. The van der Waals surface area contributed by atoms with Crippen LogP contribution in [0.15, 0.2) is 24.3 Å². The highest BCUT2D eigenvalue weighted by atomic mass is 35.5. The van der Waals surface area contributed by atoms with E-state index < -0.39 is 0 Å². The van der Waals surface area contributed by atoms with Crippen LogP contribution in [0.3, 0.4) is 0 Å². The Bertz CT molecular complexity index is 1030. The number of thiophene rings is 1. The maximum Gasteiger partial charge on any atom is 0.255 e. The lowest BCUT2D eigenvalue weighted by atomic mass is 10.1. The van der Waals surface area contributed by atoms with Gasteiger partial charge in [0.2, 0.25) is 0 Å². The molecular weight excluding hydrogens is 415 g/mol. The molecule has 0 aliphatic carbocycles. The highest BCUT2D eigenvalue weighted by Gasteiger charge is 2.26. The van der Waals surface area contributed by atoms with Crippen molar-refractivity contribution in [2.24, 2.45) is 0 Å². The predicted molar refractivity (Wildman–Crippen MR) is 118 cm³/mol. The zero-order valence-electron chi connectivity index (χ0n) is 16.0. The fraction of sp³-hybridized carbons (Fsp3) is 0.350. The van der Waals surface area contributed by atoms with E-state index in [4.69, 9.17) is 16.6 Å². The summed E-state index contributed by atoms with van der Waals surface area (Å²) in [7, 11) is 0. The van der Waals surface area contributed by atoms with Crippen LogP contribution in [0.5, 0.6) is 0 Å². The lowest BCUT2D eigenvalue weighted by Crippen LogP contribution is -2.49. The minimum atomic E-state index is -0.00757. The Morgan fingerprint density at radius 1 is 1.07 bits per heavy atom. The molecule has 1 amide bonds. The second kappa shape index (κ2) is 8.23. The van der Waals surface area contributed by atoms with Gasteiger partial charge in [0.25, 0.3) is 5.91 Å². The van der Waals surface area contributed by atoms with Crippen molar-refractivity contribution < 1.29 is 4.79 Å². The summed E-state index contributed by atoms with van der Waals surface area (Å²) in [6, 6.07) is 7.22. The number of amides is 1. The van der Waals surface area contributed by atoms with E-state index >= 15 is 0 Å². The number of fused-ring (bicyclic) bond motifs is 1. The summed E-state index contributed by atoms with van der Waals surface area (Å²) in [6.07, 6.45) is 0. The maximum atomic E-state index is 12.8. The lowest BCUT2D eigenvalue weighted by Gasteiger charge is -2.36. The molecule has 1 aliphatic heterocycles. The molecule has 1 fully saturated rings. The summed E-state index contributed by atoms with van der Waals surface area (Å²) < 4.78 is 0. The molecule has 5 nitrogen and oxygen atoms in total. The van der Waals surface area contributed by atoms with Crippen LogP contribution < -0.4 is 4.90 Å². The predicted octanol–water partition coefficient (Wildman–Crippen LogP) is 4.65. The first-order chi connectivity index (χ1) is 13.0. The van der Waals surface area contributed by atoms with Gasteiger partial charge in [0.1, 0.15) is 16.5 Å². The van der Waals surface area contributed by atoms with Gasteiger partial charge in [-0.05, 0) is 38.5 Å². The molecule has 28 heavy (non-hydrogen) atoms. The summed E-state index contributed by atoms with van der Waals surface area (Å²) in [6.45, 7) is 8.98. The second-order valence-corrected chi connectivity index (χ2v) is 8.43. The number of carbonyl (C=O) groups is 1. The molecular formula is C20H22Cl2N4OS. The molecule has 4 rings (SSSR count). The van der Waals surface area contributed by atoms with E-state index in [1.165, 1.54) is 10.4 Å². The zero-order chi connectivity index (χ0) is 19.1. The van der Waals surface area contributed by atoms with Crippen LogP contribution in [-0.2, 0) is 0 Å². The van der Waals surface area contributed by atoms with E-state index in [9.17, 15) is 4.79 Å². The average Bonchev–Trinajstić information content (AvgIpc) is 2.95. The molecule has 0 unspecified atom stereocenters. The first-order valence-corrected chi connectivity index (χ1v) is 10.2. The quantitative estimate of drug-likeness (QED) is 0.586. The van der Waals surface area contributed by atoms with Gasteiger partial charge in [0, 0.05) is 31.1 Å². The molecule has 1 saturated heterocycles. The molecule has 0 radical (unpaired) electrons. The van der Waals surface area contributed by atoms with Crippen molar-refractivity contribution in [1.82, 2.24) is 14.9 Å². The number of rotatable bonds is 2. The van der Waals surface area contributed by atoms with Crippen molar-refractivity contribution in [3.8, 4) is 0 Å². The monoisotopic (exact) mass is 436 g/mol. The molecule has 3 heterocycles. The van der Waals surface area contributed by atoms with E-state index in [-0.39, 0.29) is 18.3 Å². The molecule has 1 aliphatic rings. The molecule has 0 saturated carbocycles. The van der Waals surface area contributed by atoms with Crippen molar-refractivity contribution in [3.05, 3.63) is 51.1 Å². The van der Waals surface area contributed by atoms with Gasteiger partial charge in [-0.25, -0.2) is 9.97 Å². The van der Waals surface area contributed by atoms with Gasteiger partial charge < -0.3 is 9.80 Å². The topological polar surface area (TPSA) is 49.3 Å². The Balaban J connectivity index is 0.00000225. The Morgan fingerprint density at radius 3 is 2.43 bits per heavy atom. The van der Waals surface area contributed by atoms with E-state index in [1.54, 1.807) is 23.5 Å². The van der Waals surface area contributed by atoms with Gasteiger partial charge in [-0.1, -0.05) is 23.7 Å². The first kappa shape index (κ1) is 20.8. The molecule has 0 spiro atoms. The van der Waals surface area contributed by atoms with Crippen LogP contribution in [0.25, 0.3) is 10.2 Å². The molecule has 8 heteroatoms. The molecule has 0 bridgehead atoms. The fourth-order valence-corrected chi connectivity index (χ4v) is 4.77. The number of carbonyl (C=O) groups excluding carboxylic acids is 1. The third-order valence-corrected chi connectivity index (χ3v) is 6.52. The molecule has 0 N–H and O–H groups in total. The van der Waals surface area contributed by atoms with Gasteiger partial charge >= 0.3 is 0 Å². The molecule has 148 valence electrons. The second-order valence-electron chi connectivity index (χ2n) is 6.82. The summed E-state index contributed by atoms with van der Waals surface area (Å²) in [5.74, 6) is 1.77. The minimum Gasteiger partial charge on any atom is -0.352 e. The normalized spacial score (nSPS) is 14.3. The maximum absolute atomic E-state index is 12.8. The Kier molecular flexibility index (Phi) is 6.12. The number of aromatic nitrogens is 2. The van der Waals surface area contributed by atoms with E-state index in [2.05, 4.69) is 23.7 Å². The summed E-state index contributed by atoms with van der Waals surface area (Å²) in [5.41, 5.74) is 1.82. The molecule has 0 atom stereocenters. The lowest BCUT2D eigenvalue weighted by molar-refractivity contribution is 0.0747. The van der Waals surface area contributed by atoms with Crippen molar-refractivity contribution in [2.45, 2.75) is 20.8 Å². The minimum absolute atomic E-state index is 0. The van der Waals surface area contributed by atoms with E-state index in [0.29, 0.717) is 23.7 Å². The average molecular weight is 437 g/mol. The van der Waals surface area contributed by atoms with Crippen LogP contribution >= 0.6 is 35.3 Å². The zero-order valence-corrected chi connectivity index (χ0v) is 18.4. The van der Waals surface area contributed by atoms with Gasteiger partial charge in [0.05, 0.1) is 16.0 Å². The number of anilines is 1. The molecule has 3 aromatic rings. The largest absolute Gasteiger partial charge is 0.352 e. The number of aryl methyl sites for hydroxylation is 3. The molecule has 2 aromatic heterocycles. The summed E-state index contributed by atoms with van der Waals surface area (Å²) in [4.78, 5) is 28.6. The van der Waals surface area contributed by atoms with Gasteiger partial charge in [-0.15, -0.1) is 23.7 Å². The number of hydrogen-bond acceptors (Lipinski definition) is 5. The van der Waals surface area contributed by atoms with Gasteiger partial charge in [-0.3, -0.25) is 4.79 Å². The number of benzene rings is 1. The van der Waals surface area contributed by atoms with Crippen molar-refractivity contribution in [3.63, 3.8) is 0 Å². The van der Waals surface area contributed by atoms with Crippen LogP contribution in [-0.4, -0.2) is 47.0 Å². The third-order valence-electron chi connectivity index (χ3n) is 5.09. The van der Waals surface area contributed by atoms with Crippen LogP contribution in [0.4, 0.5) is 5.82 Å². The van der Waals surface area contributed by atoms with Crippen molar-refractivity contribution in [1.29, 1.82) is 0 Å². The first-order valence-electron chi connectivity index (χ1n) is 8.99. The van der Waals surface area contributed by atoms with E-state index in [1.807, 2.05) is 24.0 Å². The number of nitrogens with zero attached hydrogens (tertiary/aromatic N) is 4. The van der Waals surface area contributed by atoms with Crippen molar-refractivity contribution in [2.75, 3.05) is 31.1 Å². The third kappa shape index (κ3) is 3.69. The summed E-state index contributed by atoms with van der Waals surface area (Å²) in [5, 5.41) is 1.65. The Hall–Kier alpha value is -1.89. The number of halogens is 2. The van der Waals surface area contributed by atoms with Gasteiger partial charge in [-0.2, -0.15) is 0 Å². The van der Waals surface area contributed by atoms with Crippen LogP contribution in [0.1, 0.15) is 26.6 Å². The highest BCUT2D eigenvalue weighted by Crippen LogP contribution is 2.35. The highest BCUT2D eigenvalue weighted by molar-refractivity contribution is 7.18. The SMILES string of the molecule is Cc1nc(N2CCN(C(=O)c3ccccc3Cl)CC2)c2c(C)c(C)sc2n1.Cl. The van der Waals surface area contributed by atoms with Crippen molar-refractivity contribution >= 4 is 57.3 Å². The van der Waals surface area contributed by atoms with Gasteiger partial charge in [0.15, 0.2) is 0 Å². The van der Waals surface area contributed by atoms with Crippen LogP contribution in [0.2, 0.25) is 5.02 Å². The van der Waals surface area contributed by atoms with Crippen LogP contribution in [0, 0.1) is 20.8 Å². The standard InChI is InChI=1S/C20H21ClN4OS.ClH/c1-12-13(2)27-19-17(12)18(22-14(3)23-19)24-8-10-25(11-9-24)20(26)15-6-4-5-7-16(15)21;/h4-7H,8-11H2,1-3H3;1H. The number of hydrogen-bond donors (Lipinski definition) is 0. The molecule has 1 aromatic carbocycles. The van der Waals surface area contributed by atoms with E-state index in [0.717, 1.165) is 34.9 Å². The summed E-state index contributed by atoms with van der Waals surface area (Å²) >= 11 is 7.91.